The first-order valence-electron chi connectivity index (χ1n) is 11.0. The van der Waals surface area contributed by atoms with Crippen molar-refractivity contribution in [3.63, 3.8) is 0 Å². The van der Waals surface area contributed by atoms with Gasteiger partial charge in [0.1, 0.15) is 16.6 Å². The molecule has 1 aliphatic carbocycles. The number of benzene rings is 1. The molecule has 33 heavy (non-hydrogen) atoms. The van der Waals surface area contributed by atoms with Crippen LogP contribution in [0.25, 0.3) is 6.08 Å². The molecule has 3 rings (SSSR count). The van der Waals surface area contributed by atoms with E-state index in [1.54, 1.807) is 32.2 Å². The molecular weight excluding hydrogens is 440 g/mol. The highest BCUT2D eigenvalue weighted by atomic mass is 32.1. The van der Waals surface area contributed by atoms with Gasteiger partial charge in [0.25, 0.3) is 5.91 Å². The second-order valence-electron chi connectivity index (χ2n) is 7.84. The molecule has 0 atom stereocenters. The van der Waals surface area contributed by atoms with Crippen LogP contribution >= 0.6 is 11.3 Å². The third-order valence-electron chi connectivity index (χ3n) is 5.10. The van der Waals surface area contributed by atoms with Crippen LogP contribution in [0.5, 0.6) is 11.5 Å². The van der Waals surface area contributed by atoms with E-state index in [1.165, 1.54) is 17.4 Å². The highest BCUT2D eigenvalue weighted by Gasteiger charge is 2.27. The number of methoxy groups -OCH3 is 1. The van der Waals surface area contributed by atoms with Gasteiger partial charge in [0.05, 0.1) is 25.4 Å². The van der Waals surface area contributed by atoms with Crippen molar-refractivity contribution in [2.75, 3.05) is 19.0 Å². The summed E-state index contributed by atoms with van der Waals surface area (Å²) >= 11 is 1.39. The summed E-state index contributed by atoms with van der Waals surface area (Å²) < 4.78 is 16.3. The number of thiophene rings is 1. The van der Waals surface area contributed by atoms with E-state index in [1.807, 2.05) is 19.9 Å². The summed E-state index contributed by atoms with van der Waals surface area (Å²) in [7, 11) is 1.55. The summed E-state index contributed by atoms with van der Waals surface area (Å²) in [6, 6.07) is 7.15. The monoisotopic (exact) mass is 468 g/mol. The molecule has 174 valence electrons. The Kier molecular flexibility index (Phi) is 8.12. The van der Waals surface area contributed by atoms with E-state index in [-0.39, 0.29) is 18.3 Å². The number of carbonyl (C=O) groups is 2. The van der Waals surface area contributed by atoms with Crippen LogP contribution in [0.2, 0.25) is 0 Å². The molecule has 1 aromatic carbocycles. The molecule has 0 radical (unpaired) electrons. The maximum absolute atomic E-state index is 13.0. The fourth-order valence-electron chi connectivity index (χ4n) is 3.69. The molecule has 7 nitrogen and oxygen atoms in total. The molecule has 1 N–H and O–H groups in total. The van der Waals surface area contributed by atoms with E-state index in [9.17, 15) is 14.9 Å². The molecule has 1 heterocycles. The summed E-state index contributed by atoms with van der Waals surface area (Å²) in [4.78, 5) is 26.7. The molecule has 0 aliphatic heterocycles. The van der Waals surface area contributed by atoms with Crippen LogP contribution in [0.1, 0.15) is 60.0 Å². The lowest BCUT2D eigenvalue weighted by Gasteiger charge is -2.14. The normalized spacial score (nSPS) is 13.2. The minimum Gasteiger partial charge on any atom is -0.493 e. The maximum Gasteiger partial charge on any atom is 0.341 e. The van der Waals surface area contributed by atoms with Crippen LogP contribution in [-0.4, -0.2) is 31.7 Å². The zero-order chi connectivity index (χ0) is 24.0. The van der Waals surface area contributed by atoms with Gasteiger partial charge in [-0.2, -0.15) is 5.26 Å². The van der Waals surface area contributed by atoms with Gasteiger partial charge < -0.3 is 19.5 Å². The van der Waals surface area contributed by atoms with E-state index in [2.05, 4.69) is 5.32 Å². The van der Waals surface area contributed by atoms with E-state index in [0.717, 1.165) is 36.1 Å². The number of hydrogen-bond acceptors (Lipinski definition) is 7. The lowest BCUT2D eigenvalue weighted by molar-refractivity contribution is -0.112. The first-order valence-corrected chi connectivity index (χ1v) is 11.8. The van der Waals surface area contributed by atoms with Crippen molar-refractivity contribution in [3.05, 3.63) is 45.3 Å². The van der Waals surface area contributed by atoms with Crippen molar-refractivity contribution in [1.82, 2.24) is 0 Å². The van der Waals surface area contributed by atoms with Crippen LogP contribution < -0.4 is 14.8 Å². The number of esters is 1. The van der Waals surface area contributed by atoms with Crippen LogP contribution in [0.3, 0.4) is 0 Å². The number of nitriles is 1. The molecule has 0 saturated carbocycles. The number of rotatable bonds is 8. The lowest BCUT2D eigenvalue weighted by atomic mass is 9.95. The summed E-state index contributed by atoms with van der Waals surface area (Å²) in [5, 5.41) is 12.9. The number of carbonyl (C=O) groups excluding carboxylic acids is 2. The van der Waals surface area contributed by atoms with E-state index >= 15 is 0 Å². The number of nitrogens with one attached hydrogen (secondary N) is 1. The number of hydrogen-bond donors (Lipinski definition) is 1. The van der Waals surface area contributed by atoms with Crippen LogP contribution in [0.4, 0.5) is 5.00 Å². The van der Waals surface area contributed by atoms with E-state index in [4.69, 9.17) is 14.2 Å². The molecule has 1 amide bonds. The standard InChI is InChI=1S/C25H28N2O5S/c1-5-31-25(29)22-18-8-6-7-9-21(18)33-24(22)27-23(28)17(14-26)12-16-10-11-19(30-4)20(13-16)32-15(2)3/h10-13,15H,5-9H2,1-4H3,(H,27,28)/b17-12+. The molecular formula is C25H28N2O5S. The Morgan fingerprint density at radius 3 is 2.67 bits per heavy atom. The Balaban J connectivity index is 1.91. The first kappa shape index (κ1) is 24.3. The Bertz CT molecular complexity index is 1110. The van der Waals surface area contributed by atoms with Gasteiger partial charge in [0.15, 0.2) is 11.5 Å². The average Bonchev–Trinajstić information content (AvgIpc) is 3.15. The smallest absolute Gasteiger partial charge is 0.341 e. The Hall–Kier alpha value is -3.31. The van der Waals surface area contributed by atoms with Gasteiger partial charge in [0, 0.05) is 4.88 Å². The van der Waals surface area contributed by atoms with Crippen LogP contribution in [0, 0.1) is 11.3 Å². The van der Waals surface area contributed by atoms with E-state index in [0.29, 0.717) is 27.6 Å². The third-order valence-corrected chi connectivity index (χ3v) is 6.31. The molecule has 2 aromatic rings. The van der Waals surface area contributed by atoms with Crippen molar-refractivity contribution in [3.8, 4) is 17.6 Å². The Labute approximate surface area is 198 Å². The van der Waals surface area contributed by atoms with Gasteiger partial charge in [-0.15, -0.1) is 11.3 Å². The quantitative estimate of drug-likeness (QED) is 0.327. The SMILES string of the molecule is CCOC(=O)c1c(NC(=O)/C(C#N)=C/c2ccc(OC)c(OC(C)C)c2)sc2c1CCCC2. The molecule has 0 fully saturated rings. The number of nitrogens with zero attached hydrogens (tertiary/aromatic N) is 1. The summed E-state index contributed by atoms with van der Waals surface area (Å²) in [5.41, 5.74) is 1.90. The zero-order valence-corrected chi connectivity index (χ0v) is 20.1. The molecule has 0 bridgehead atoms. The second-order valence-corrected chi connectivity index (χ2v) is 8.94. The number of anilines is 1. The molecule has 1 aromatic heterocycles. The minimum atomic E-state index is -0.580. The predicted octanol–water partition coefficient (Wildman–Crippen LogP) is 5.15. The average molecular weight is 469 g/mol. The highest BCUT2D eigenvalue weighted by Crippen LogP contribution is 2.39. The molecule has 0 unspecified atom stereocenters. The third kappa shape index (κ3) is 5.74. The predicted molar refractivity (Wildman–Crippen MR) is 128 cm³/mol. The zero-order valence-electron chi connectivity index (χ0n) is 19.3. The van der Waals surface area contributed by atoms with Crippen molar-refractivity contribution in [2.45, 2.75) is 52.6 Å². The van der Waals surface area contributed by atoms with Gasteiger partial charge in [-0.3, -0.25) is 4.79 Å². The van der Waals surface area contributed by atoms with Gasteiger partial charge in [0.2, 0.25) is 0 Å². The van der Waals surface area contributed by atoms with Crippen LogP contribution in [0.15, 0.2) is 23.8 Å². The van der Waals surface area contributed by atoms with Gasteiger partial charge in [-0.1, -0.05) is 6.07 Å². The number of aryl methyl sites for hydroxylation is 1. The second kappa shape index (κ2) is 11.0. The minimum absolute atomic E-state index is 0.0666. The van der Waals surface area contributed by atoms with Crippen molar-refractivity contribution in [2.24, 2.45) is 0 Å². The highest BCUT2D eigenvalue weighted by molar-refractivity contribution is 7.17. The summed E-state index contributed by atoms with van der Waals surface area (Å²) in [5.74, 6) is 0.0608. The molecule has 0 spiro atoms. The fraction of sp³-hybridized carbons (Fsp3) is 0.400. The molecule has 8 heteroatoms. The van der Waals surface area contributed by atoms with Gasteiger partial charge >= 0.3 is 5.97 Å². The first-order chi connectivity index (χ1) is 15.9. The fourth-order valence-corrected chi connectivity index (χ4v) is 4.96. The van der Waals surface area contributed by atoms with E-state index < -0.39 is 11.9 Å². The summed E-state index contributed by atoms with van der Waals surface area (Å²) in [6.07, 6.45) is 5.10. The number of amides is 1. The Morgan fingerprint density at radius 1 is 1.24 bits per heavy atom. The van der Waals surface area contributed by atoms with Crippen molar-refractivity contribution < 1.29 is 23.8 Å². The van der Waals surface area contributed by atoms with Crippen molar-refractivity contribution in [1.29, 1.82) is 5.26 Å². The summed E-state index contributed by atoms with van der Waals surface area (Å²) in [6.45, 7) is 5.80. The Morgan fingerprint density at radius 2 is 2.00 bits per heavy atom. The number of ether oxygens (including phenoxy) is 3. The van der Waals surface area contributed by atoms with Crippen molar-refractivity contribution >= 4 is 34.3 Å². The molecule has 0 saturated heterocycles. The number of fused-ring (bicyclic) bond motifs is 1. The van der Waals surface area contributed by atoms with Gasteiger partial charge in [-0.05, 0) is 75.8 Å². The van der Waals surface area contributed by atoms with Gasteiger partial charge in [-0.25, -0.2) is 4.79 Å². The maximum atomic E-state index is 13.0. The largest absolute Gasteiger partial charge is 0.493 e. The van der Waals surface area contributed by atoms with Crippen LogP contribution in [-0.2, 0) is 22.4 Å². The molecule has 1 aliphatic rings. The lowest BCUT2D eigenvalue weighted by Crippen LogP contribution is -2.16. The topological polar surface area (TPSA) is 97.7 Å².